The van der Waals surface area contributed by atoms with Crippen LogP contribution in [-0.2, 0) is 19.7 Å². The molecule has 0 saturated carbocycles. The number of rotatable bonds is 6. The molecular weight excluding hydrogens is 318 g/mol. The van der Waals surface area contributed by atoms with Gasteiger partial charge in [-0.25, -0.2) is 0 Å². The van der Waals surface area contributed by atoms with Crippen LogP contribution in [-0.4, -0.2) is 12.2 Å². The number of aliphatic hydroxyl groups is 1. The molecule has 20 heavy (non-hydrogen) atoms. The van der Waals surface area contributed by atoms with E-state index in [1.54, 1.807) is 7.11 Å². The van der Waals surface area contributed by atoms with Crippen LogP contribution in [0.3, 0.4) is 0 Å². The molecule has 4 heteroatoms. The maximum absolute atomic E-state index is 9.11. The minimum atomic E-state index is 0.0826. The second-order valence-electron chi connectivity index (χ2n) is 4.55. The molecule has 0 aliphatic heterocycles. The van der Waals surface area contributed by atoms with Crippen molar-refractivity contribution in [2.45, 2.75) is 19.7 Å². The smallest absolute Gasteiger partial charge is 0.133 e. The highest BCUT2D eigenvalue weighted by Crippen LogP contribution is 2.25. The van der Waals surface area contributed by atoms with Crippen LogP contribution >= 0.6 is 15.9 Å². The van der Waals surface area contributed by atoms with Gasteiger partial charge in [-0.2, -0.15) is 0 Å². The number of nitrogens with one attached hydrogen (secondary N) is 1. The van der Waals surface area contributed by atoms with Gasteiger partial charge < -0.3 is 15.2 Å². The van der Waals surface area contributed by atoms with Gasteiger partial charge in [0.2, 0.25) is 0 Å². The van der Waals surface area contributed by atoms with E-state index in [0.29, 0.717) is 0 Å². The predicted octanol–water partition coefficient (Wildman–Crippen LogP) is 3.24. The molecule has 0 fully saturated rings. The molecule has 0 amide bonds. The zero-order valence-corrected chi connectivity index (χ0v) is 13.0. The van der Waals surface area contributed by atoms with E-state index in [9.17, 15) is 0 Å². The van der Waals surface area contributed by atoms with Gasteiger partial charge in [0.1, 0.15) is 5.75 Å². The van der Waals surface area contributed by atoms with Crippen LogP contribution in [0.1, 0.15) is 16.7 Å². The third kappa shape index (κ3) is 4.07. The van der Waals surface area contributed by atoms with Crippen LogP contribution in [0, 0.1) is 0 Å². The maximum atomic E-state index is 9.11. The normalized spacial score (nSPS) is 10.6. The summed E-state index contributed by atoms with van der Waals surface area (Å²) in [6.45, 7) is 1.64. The van der Waals surface area contributed by atoms with E-state index < -0.39 is 0 Å². The SMILES string of the molecule is COc1ccc(CNCc2cccc(CO)c2)cc1Br. The molecule has 0 saturated heterocycles. The summed E-state index contributed by atoms with van der Waals surface area (Å²) in [5.41, 5.74) is 3.30. The summed E-state index contributed by atoms with van der Waals surface area (Å²) in [5.74, 6) is 0.837. The van der Waals surface area contributed by atoms with Gasteiger partial charge in [-0.1, -0.05) is 30.3 Å². The lowest BCUT2D eigenvalue weighted by atomic mass is 10.1. The lowest BCUT2D eigenvalue weighted by Gasteiger charge is -2.08. The highest BCUT2D eigenvalue weighted by atomic mass is 79.9. The number of aliphatic hydroxyl groups excluding tert-OH is 1. The van der Waals surface area contributed by atoms with Gasteiger partial charge in [0.05, 0.1) is 18.2 Å². The third-order valence-electron chi connectivity index (χ3n) is 3.05. The standard InChI is InChI=1S/C16H18BrNO2/c1-20-16-6-5-13(8-15(16)17)10-18-9-12-3-2-4-14(7-12)11-19/h2-8,18-19H,9-11H2,1H3. The zero-order chi connectivity index (χ0) is 14.4. The van der Waals surface area contributed by atoms with Crippen molar-refractivity contribution in [3.63, 3.8) is 0 Å². The second kappa shape index (κ2) is 7.43. The average molecular weight is 336 g/mol. The molecule has 106 valence electrons. The Morgan fingerprint density at radius 1 is 1.05 bits per heavy atom. The molecule has 0 spiro atoms. The topological polar surface area (TPSA) is 41.5 Å². The zero-order valence-electron chi connectivity index (χ0n) is 11.4. The monoisotopic (exact) mass is 335 g/mol. The van der Waals surface area contributed by atoms with Crippen molar-refractivity contribution in [1.82, 2.24) is 5.32 Å². The highest BCUT2D eigenvalue weighted by molar-refractivity contribution is 9.10. The van der Waals surface area contributed by atoms with Crippen LogP contribution in [0.15, 0.2) is 46.9 Å². The lowest BCUT2D eigenvalue weighted by molar-refractivity contribution is 0.281. The summed E-state index contributed by atoms with van der Waals surface area (Å²) in [7, 11) is 1.66. The number of halogens is 1. The first-order valence-corrected chi connectivity index (χ1v) is 7.24. The van der Waals surface area contributed by atoms with E-state index in [1.807, 2.05) is 30.3 Å². The van der Waals surface area contributed by atoms with Crippen molar-refractivity contribution in [2.75, 3.05) is 7.11 Å². The predicted molar refractivity (Wildman–Crippen MR) is 83.6 cm³/mol. The van der Waals surface area contributed by atoms with Crippen LogP contribution < -0.4 is 10.1 Å². The molecule has 0 aromatic heterocycles. The molecule has 2 rings (SSSR count). The first kappa shape index (κ1) is 15.0. The quantitative estimate of drug-likeness (QED) is 0.851. The number of hydrogen-bond donors (Lipinski definition) is 2. The molecule has 0 aliphatic rings. The summed E-state index contributed by atoms with van der Waals surface area (Å²) in [4.78, 5) is 0. The fourth-order valence-electron chi connectivity index (χ4n) is 2.01. The molecule has 0 atom stereocenters. The number of hydrogen-bond acceptors (Lipinski definition) is 3. The minimum absolute atomic E-state index is 0.0826. The Bertz CT molecular complexity index is 572. The number of ether oxygens (including phenoxy) is 1. The van der Waals surface area contributed by atoms with Crippen LogP contribution in [0.2, 0.25) is 0 Å². The molecule has 0 bridgehead atoms. The van der Waals surface area contributed by atoms with E-state index in [-0.39, 0.29) is 6.61 Å². The molecule has 0 aliphatic carbocycles. The van der Waals surface area contributed by atoms with Gasteiger partial charge in [0.15, 0.2) is 0 Å². The molecule has 0 heterocycles. The molecule has 2 aromatic carbocycles. The Hall–Kier alpha value is -1.36. The van der Waals surface area contributed by atoms with Crippen LogP contribution in [0.5, 0.6) is 5.75 Å². The van der Waals surface area contributed by atoms with Crippen molar-refractivity contribution in [2.24, 2.45) is 0 Å². The van der Waals surface area contributed by atoms with Crippen molar-refractivity contribution >= 4 is 15.9 Å². The summed E-state index contributed by atoms with van der Waals surface area (Å²) in [6.07, 6.45) is 0. The van der Waals surface area contributed by atoms with Crippen molar-refractivity contribution in [1.29, 1.82) is 0 Å². The van der Waals surface area contributed by atoms with E-state index in [0.717, 1.165) is 28.9 Å². The van der Waals surface area contributed by atoms with E-state index in [1.165, 1.54) is 11.1 Å². The van der Waals surface area contributed by atoms with E-state index >= 15 is 0 Å². The largest absolute Gasteiger partial charge is 0.496 e. The Morgan fingerprint density at radius 2 is 1.75 bits per heavy atom. The molecule has 0 unspecified atom stereocenters. The Morgan fingerprint density at radius 3 is 2.40 bits per heavy atom. The summed E-state index contributed by atoms with van der Waals surface area (Å²) in [5, 5.41) is 12.5. The Kier molecular flexibility index (Phi) is 5.59. The number of methoxy groups -OCH3 is 1. The molecule has 0 radical (unpaired) electrons. The first-order valence-electron chi connectivity index (χ1n) is 6.44. The second-order valence-corrected chi connectivity index (χ2v) is 5.40. The van der Waals surface area contributed by atoms with Gasteiger partial charge in [-0.15, -0.1) is 0 Å². The van der Waals surface area contributed by atoms with Gasteiger partial charge in [-0.05, 0) is 44.8 Å². The minimum Gasteiger partial charge on any atom is -0.496 e. The van der Waals surface area contributed by atoms with Crippen molar-refractivity contribution in [3.8, 4) is 5.75 Å². The van der Waals surface area contributed by atoms with Gasteiger partial charge >= 0.3 is 0 Å². The summed E-state index contributed by atoms with van der Waals surface area (Å²) >= 11 is 3.48. The van der Waals surface area contributed by atoms with Gasteiger partial charge in [0.25, 0.3) is 0 Å². The molecule has 2 aromatic rings. The van der Waals surface area contributed by atoms with Crippen LogP contribution in [0.4, 0.5) is 0 Å². The Balaban J connectivity index is 1.90. The van der Waals surface area contributed by atoms with Gasteiger partial charge in [-0.3, -0.25) is 0 Å². The van der Waals surface area contributed by atoms with E-state index in [4.69, 9.17) is 9.84 Å². The van der Waals surface area contributed by atoms with Gasteiger partial charge in [0, 0.05) is 13.1 Å². The summed E-state index contributed by atoms with van der Waals surface area (Å²) < 4.78 is 6.17. The highest BCUT2D eigenvalue weighted by Gasteiger charge is 2.01. The first-order chi connectivity index (χ1) is 9.72. The fourth-order valence-corrected chi connectivity index (χ4v) is 2.60. The molecular formula is C16H18BrNO2. The van der Waals surface area contributed by atoms with E-state index in [2.05, 4.69) is 33.4 Å². The number of benzene rings is 2. The van der Waals surface area contributed by atoms with Crippen molar-refractivity contribution < 1.29 is 9.84 Å². The summed E-state index contributed by atoms with van der Waals surface area (Å²) in [6, 6.07) is 14.0. The third-order valence-corrected chi connectivity index (χ3v) is 3.67. The molecule has 3 nitrogen and oxygen atoms in total. The Labute approximate surface area is 127 Å². The molecule has 2 N–H and O–H groups in total. The average Bonchev–Trinajstić information content (AvgIpc) is 2.48. The fraction of sp³-hybridized carbons (Fsp3) is 0.250. The van der Waals surface area contributed by atoms with Crippen molar-refractivity contribution in [3.05, 3.63) is 63.6 Å². The lowest BCUT2D eigenvalue weighted by Crippen LogP contribution is -2.12. The van der Waals surface area contributed by atoms with Crippen LogP contribution in [0.25, 0.3) is 0 Å². The maximum Gasteiger partial charge on any atom is 0.133 e.